The zero-order valence-corrected chi connectivity index (χ0v) is 13.4. The van der Waals surface area contributed by atoms with Crippen LogP contribution in [0.3, 0.4) is 0 Å². The Bertz CT molecular complexity index is 631. The molecule has 0 aliphatic carbocycles. The van der Waals surface area contributed by atoms with Crippen LogP contribution in [-0.4, -0.2) is 18.3 Å². The van der Waals surface area contributed by atoms with Crippen LogP contribution in [0.5, 0.6) is 11.5 Å². The van der Waals surface area contributed by atoms with Gasteiger partial charge in [-0.15, -0.1) is 11.3 Å². The Morgan fingerprint density at radius 3 is 2.86 bits per heavy atom. The molecule has 0 radical (unpaired) electrons. The molecule has 2 heterocycles. The average molecular weight is 304 g/mol. The second-order valence-corrected chi connectivity index (χ2v) is 7.23. The third-order valence-corrected chi connectivity index (χ3v) is 4.07. The smallest absolute Gasteiger partial charge is 0.231 e. The first-order valence-electron chi connectivity index (χ1n) is 7.06. The molecule has 0 fully saturated rings. The molecular weight excluding hydrogens is 284 g/mol. The van der Waals surface area contributed by atoms with Crippen molar-refractivity contribution in [3.8, 4) is 22.1 Å². The number of hydrogen-bond donors (Lipinski definition) is 1. The number of nitrogens with one attached hydrogen (secondary N) is 1. The molecule has 0 saturated heterocycles. The van der Waals surface area contributed by atoms with Crippen molar-refractivity contribution < 1.29 is 9.47 Å². The number of thiazole rings is 1. The molecule has 0 unspecified atom stereocenters. The van der Waals surface area contributed by atoms with Gasteiger partial charge in [0.25, 0.3) is 0 Å². The number of benzene rings is 1. The number of nitrogens with zero attached hydrogens (tertiary/aromatic N) is 1. The molecule has 1 aliphatic heterocycles. The molecular formula is C16H20N2O2S. The number of rotatable bonds is 4. The van der Waals surface area contributed by atoms with Crippen LogP contribution in [-0.2, 0) is 6.54 Å². The van der Waals surface area contributed by atoms with Crippen LogP contribution in [0.25, 0.3) is 10.6 Å². The summed E-state index contributed by atoms with van der Waals surface area (Å²) >= 11 is 1.66. The van der Waals surface area contributed by atoms with Gasteiger partial charge >= 0.3 is 0 Å². The lowest BCUT2D eigenvalue weighted by molar-refractivity contribution is 0.174. The molecule has 112 valence electrons. The fourth-order valence-corrected chi connectivity index (χ4v) is 2.93. The van der Waals surface area contributed by atoms with E-state index in [4.69, 9.17) is 9.47 Å². The van der Waals surface area contributed by atoms with Gasteiger partial charge in [0.1, 0.15) is 5.01 Å². The van der Waals surface area contributed by atoms with Crippen LogP contribution >= 0.6 is 11.3 Å². The SMILES string of the molecule is CC(C)(C)CNCc1csc(-c2ccc3c(c2)OCO3)n1. The molecule has 0 saturated carbocycles. The molecule has 1 aromatic carbocycles. The number of hydrogen-bond acceptors (Lipinski definition) is 5. The van der Waals surface area contributed by atoms with Crippen molar-refractivity contribution in [2.24, 2.45) is 5.41 Å². The first-order chi connectivity index (χ1) is 10.0. The molecule has 3 rings (SSSR count). The Balaban J connectivity index is 1.67. The monoisotopic (exact) mass is 304 g/mol. The lowest BCUT2D eigenvalue weighted by atomic mass is 9.97. The molecule has 1 N–H and O–H groups in total. The van der Waals surface area contributed by atoms with Gasteiger partial charge in [-0.05, 0) is 23.6 Å². The largest absolute Gasteiger partial charge is 0.454 e. The average Bonchev–Trinajstić information content (AvgIpc) is 3.04. The van der Waals surface area contributed by atoms with Gasteiger partial charge in [-0.3, -0.25) is 0 Å². The molecule has 0 atom stereocenters. The van der Waals surface area contributed by atoms with Gasteiger partial charge in [0, 0.05) is 24.0 Å². The van der Waals surface area contributed by atoms with E-state index in [1.54, 1.807) is 11.3 Å². The van der Waals surface area contributed by atoms with E-state index in [0.29, 0.717) is 6.79 Å². The van der Waals surface area contributed by atoms with Crippen molar-refractivity contribution in [1.82, 2.24) is 10.3 Å². The third kappa shape index (κ3) is 3.54. The van der Waals surface area contributed by atoms with Gasteiger partial charge in [0.05, 0.1) is 5.69 Å². The van der Waals surface area contributed by atoms with Gasteiger partial charge in [0.2, 0.25) is 6.79 Å². The molecule has 0 amide bonds. The zero-order chi connectivity index (χ0) is 14.9. The van der Waals surface area contributed by atoms with Crippen molar-refractivity contribution in [3.63, 3.8) is 0 Å². The summed E-state index contributed by atoms with van der Waals surface area (Å²) in [6, 6.07) is 5.96. The summed E-state index contributed by atoms with van der Waals surface area (Å²) < 4.78 is 10.7. The predicted molar refractivity (Wildman–Crippen MR) is 84.8 cm³/mol. The quantitative estimate of drug-likeness (QED) is 0.936. The van der Waals surface area contributed by atoms with E-state index < -0.39 is 0 Å². The molecule has 5 heteroatoms. The fraction of sp³-hybridized carbons (Fsp3) is 0.438. The minimum atomic E-state index is 0.288. The van der Waals surface area contributed by atoms with Crippen LogP contribution in [0.1, 0.15) is 26.5 Å². The Hall–Kier alpha value is -1.59. The summed E-state index contributed by atoms with van der Waals surface area (Å²) in [4.78, 5) is 4.69. The highest BCUT2D eigenvalue weighted by atomic mass is 32.1. The molecule has 2 aromatic rings. The minimum absolute atomic E-state index is 0.288. The highest BCUT2D eigenvalue weighted by Gasteiger charge is 2.15. The summed E-state index contributed by atoms with van der Waals surface area (Å²) in [5, 5.41) is 6.57. The molecule has 21 heavy (non-hydrogen) atoms. The minimum Gasteiger partial charge on any atom is -0.454 e. The lowest BCUT2D eigenvalue weighted by Crippen LogP contribution is -2.26. The maximum absolute atomic E-state index is 5.41. The molecule has 4 nitrogen and oxygen atoms in total. The van der Waals surface area contributed by atoms with Crippen molar-refractivity contribution in [2.75, 3.05) is 13.3 Å². The Morgan fingerprint density at radius 1 is 1.24 bits per heavy atom. The van der Waals surface area contributed by atoms with Crippen LogP contribution < -0.4 is 14.8 Å². The van der Waals surface area contributed by atoms with Crippen LogP contribution in [0, 0.1) is 5.41 Å². The highest BCUT2D eigenvalue weighted by molar-refractivity contribution is 7.13. The summed E-state index contributed by atoms with van der Waals surface area (Å²) in [7, 11) is 0. The Kier molecular flexibility index (Phi) is 3.87. The van der Waals surface area contributed by atoms with Crippen molar-refractivity contribution in [2.45, 2.75) is 27.3 Å². The second-order valence-electron chi connectivity index (χ2n) is 6.38. The molecule has 0 bridgehead atoms. The highest BCUT2D eigenvalue weighted by Crippen LogP contribution is 2.36. The zero-order valence-electron chi connectivity index (χ0n) is 12.6. The van der Waals surface area contributed by atoms with Crippen molar-refractivity contribution >= 4 is 11.3 Å². The van der Waals surface area contributed by atoms with Gasteiger partial charge in [-0.2, -0.15) is 0 Å². The summed E-state index contributed by atoms with van der Waals surface area (Å²) in [5.41, 5.74) is 2.44. The van der Waals surface area contributed by atoms with Gasteiger partial charge < -0.3 is 14.8 Å². The van der Waals surface area contributed by atoms with E-state index in [2.05, 4.69) is 36.5 Å². The first kappa shape index (κ1) is 14.4. The standard InChI is InChI=1S/C16H20N2O2S/c1-16(2,3)9-17-7-12-8-21-15(18-12)11-4-5-13-14(6-11)20-10-19-13/h4-6,8,17H,7,9-10H2,1-3H3. The van der Waals surface area contributed by atoms with E-state index in [0.717, 1.165) is 40.9 Å². The second kappa shape index (κ2) is 5.66. The van der Waals surface area contributed by atoms with E-state index in [1.807, 2.05) is 18.2 Å². The fourth-order valence-electron chi connectivity index (χ4n) is 2.12. The maximum atomic E-state index is 5.41. The lowest BCUT2D eigenvalue weighted by Gasteiger charge is -2.18. The summed E-state index contributed by atoms with van der Waals surface area (Å²) in [5.74, 6) is 1.61. The van der Waals surface area contributed by atoms with Crippen LogP contribution in [0.15, 0.2) is 23.6 Å². The Labute approximate surface area is 129 Å². The van der Waals surface area contributed by atoms with E-state index >= 15 is 0 Å². The number of ether oxygens (including phenoxy) is 2. The molecule has 1 aliphatic rings. The Morgan fingerprint density at radius 2 is 2.05 bits per heavy atom. The third-order valence-electron chi connectivity index (χ3n) is 3.13. The van der Waals surface area contributed by atoms with E-state index in [1.165, 1.54) is 0 Å². The first-order valence-corrected chi connectivity index (χ1v) is 7.94. The summed E-state index contributed by atoms with van der Waals surface area (Å²) in [6.45, 7) is 8.75. The van der Waals surface area contributed by atoms with Gasteiger partial charge in [-0.1, -0.05) is 20.8 Å². The van der Waals surface area contributed by atoms with Crippen LogP contribution in [0.2, 0.25) is 0 Å². The van der Waals surface area contributed by atoms with Crippen molar-refractivity contribution in [1.29, 1.82) is 0 Å². The maximum Gasteiger partial charge on any atom is 0.231 e. The van der Waals surface area contributed by atoms with Crippen molar-refractivity contribution in [3.05, 3.63) is 29.3 Å². The molecule has 1 aromatic heterocycles. The van der Waals surface area contributed by atoms with E-state index in [9.17, 15) is 0 Å². The van der Waals surface area contributed by atoms with Crippen LogP contribution in [0.4, 0.5) is 0 Å². The van der Waals surface area contributed by atoms with Gasteiger partial charge in [0.15, 0.2) is 11.5 Å². The normalized spacial score (nSPS) is 13.7. The molecule has 0 spiro atoms. The number of fused-ring (bicyclic) bond motifs is 1. The summed E-state index contributed by atoms with van der Waals surface area (Å²) in [6.07, 6.45) is 0. The van der Waals surface area contributed by atoms with E-state index in [-0.39, 0.29) is 5.41 Å². The topological polar surface area (TPSA) is 43.4 Å². The predicted octanol–water partition coefficient (Wildman–Crippen LogP) is 3.67. The van der Waals surface area contributed by atoms with Gasteiger partial charge in [-0.25, -0.2) is 4.98 Å². The number of aromatic nitrogens is 1.